The molecule has 0 aliphatic carbocycles. The third-order valence-electron chi connectivity index (χ3n) is 6.18. The smallest absolute Gasteiger partial charge is 0.143 e. The first-order valence-corrected chi connectivity index (χ1v) is 9.95. The van der Waals surface area contributed by atoms with E-state index in [1.54, 1.807) is 0 Å². The minimum Gasteiger partial charge on any atom is -0.455 e. The highest BCUT2D eigenvalue weighted by Crippen LogP contribution is 2.40. The van der Waals surface area contributed by atoms with E-state index < -0.39 is 0 Å². The zero-order chi connectivity index (χ0) is 18.9. The molecule has 0 aliphatic rings. The highest BCUT2D eigenvalue weighted by molar-refractivity contribution is 6.24. The van der Waals surface area contributed by atoms with Crippen LogP contribution in [0.25, 0.3) is 65.4 Å². The van der Waals surface area contributed by atoms with E-state index in [9.17, 15) is 0 Å². The monoisotopic (exact) mass is 368 g/mol. The molecule has 0 amide bonds. The van der Waals surface area contributed by atoms with Gasteiger partial charge in [0.15, 0.2) is 0 Å². The van der Waals surface area contributed by atoms with Crippen molar-refractivity contribution in [2.24, 2.45) is 0 Å². The molecular weight excluding hydrogens is 352 g/mol. The van der Waals surface area contributed by atoms with E-state index in [0.29, 0.717) is 0 Å². The second kappa shape index (κ2) is 5.36. The first kappa shape index (κ1) is 15.1. The summed E-state index contributed by atoms with van der Waals surface area (Å²) in [4.78, 5) is 0. The van der Waals surface area contributed by atoms with Crippen LogP contribution in [-0.4, -0.2) is 0 Å². The van der Waals surface area contributed by atoms with Crippen LogP contribution in [0.4, 0.5) is 0 Å². The molecule has 0 fully saturated rings. The van der Waals surface area contributed by atoms with E-state index in [1.807, 2.05) is 12.1 Å². The van der Waals surface area contributed by atoms with E-state index >= 15 is 0 Å². The first-order chi connectivity index (χ1) is 14.4. The van der Waals surface area contributed by atoms with Crippen molar-refractivity contribution < 1.29 is 4.42 Å². The van der Waals surface area contributed by atoms with Gasteiger partial charge in [0.05, 0.1) is 0 Å². The Morgan fingerprint density at radius 3 is 1.90 bits per heavy atom. The van der Waals surface area contributed by atoms with Crippen molar-refractivity contribution in [3.63, 3.8) is 0 Å². The van der Waals surface area contributed by atoms with Crippen molar-refractivity contribution in [3.05, 3.63) is 97.1 Å². The summed E-state index contributed by atoms with van der Waals surface area (Å²) in [5, 5.41) is 10.2. The van der Waals surface area contributed by atoms with Gasteiger partial charge in [-0.2, -0.15) is 0 Å². The molecule has 7 aromatic rings. The van der Waals surface area contributed by atoms with Gasteiger partial charge < -0.3 is 4.42 Å². The van der Waals surface area contributed by atoms with Crippen molar-refractivity contribution in [1.82, 2.24) is 0 Å². The number of hydrogen-bond donors (Lipinski definition) is 0. The molecule has 0 unspecified atom stereocenters. The van der Waals surface area contributed by atoms with Crippen LogP contribution in [0, 0.1) is 0 Å². The lowest BCUT2D eigenvalue weighted by atomic mass is 9.91. The minimum absolute atomic E-state index is 0.938. The van der Waals surface area contributed by atoms with Crippen LogP contribution in [0.15, 0.2) is 101 Å². The molecule has 0 bridgehead atoms. The van der Waals surface area contributed by atoms with Gasteiger partial charge in [-0.15, -0.1) is 0 Å². The van der Waals surface area contributed by atoms with Crippen molar-refractivity contribution in [2.75, 3.05) is 0 Å². The standard InChI is InChI=1S/C28H16O/c1-2-10-25-23(7-1)24-9-4-8-22(28(24)29-25)21-15-19-13-11-17-5-3-6-18-12-14-20(16-21)27(19)26(17)18/h1-16H. The third kappa shape index (κ3) is 1.99. The molecule has 0 atom stereocenters. The van der Waals surface area contributed by atoms with Crippen molar-refractivity contribution in [2.45, 2.75) is 0 Å². The summed E-state index contributed by atoms with van der Waals surface area (Å²) in [6.07, 6.45) is 0. The van der Waals surface area contributed by atoms with Crippen LogP contribution in [0.1, 0.15) is 0 Å². The quantitative estimate of drug-likeness (QED) is 0.266. The fourth-order valence-electron chi connectivity index (χ4n) is 4.88. The average molecular weight is 368 g/mol. The Kier molecular flexibility index (Phi) is 2.80. The SMILES string of the molecule is c1cc2ccc3cc(-c4cccc5c4oc4ccccc45)cc4ccc(c1)c2c34. The molecule has 1 nitrogen and oxygen atoms in total. The predicted molar refractivity (Wildman–Crippen MR) is 123 cm³/mol. The van der Waals surface area contributed by atoms with E-state index in [4.69, 9.17) is 4.42 Å². The van der Waals surface area contributed by atoms with Crippen molar-refractivity contribution >= 4 is 54.3 Å². The van der Waals surface area contributed by atoms with Gasteiger partial charge in [-0.3, -0.25) is 0 Å². The number of benzene rings is 6. The Morgan fingerprint density at radius 1 is 0.483 bits per heavy atom. The van der Waals surface area contributed by atoms with Gasteiger partial charge in [0.2, 0.25) is 0 Å². The molecule has 134 valence electrons. The van der Waals surface area contributed by atoms with E-state index in [0.717, 1.165) is 16.7 Å². The average Bonchev–Trinajstić information content (AvgIpc) is 3.16. The zero-order valence-electron chi connectivity index (χ0n) is 15.6. The Balaban J connectivity index is 1.60. The molecule has 0 radical (unpaired) electrons. The maximum Gasteiger partial charge on any atom is 0.143 e. The third-order valence-corrected chi connectivity index (χ3v) is 6.18. The zero-order valence-corrected chi connectivity index (χ0v) is 15.6. The summed E-state index contributed by atoms with van der Waals surface area (Å²) in [7, 11) is 0. The molecule has 1 aromatic heterocycles. The molecular formula is C28H16O. The molecule has 29 heavy (non-hydrogen) atoms. The van der Waals surface area contributed by atoms with Gasteiger partial charge in [0.25, 0.3) is 0 Å². The molecule has 0 aliphatic heterocycles. The Hall–Kier alpha value is -3.84. The second-order valence-electron chi connectivity index (χ2n) is 7.79. The van der Waals surface area contributed by atoms with Gasteiger partial charge in [0.1, 0.15) is 11.2 Å². The molecule has 1 heterocycles. The maximum atomic E-state index is 6.29. The number of para-hydroxylation sites is 2. The van der Waals surface area contributed by atoms with Gasteiger partial charge in [-0.25, -0.2) is 0 Å². The van der Waals surface area contributed by atoms with Crippen LogP contribution in [0.3, 0.4) is 0 Å². The molecule has 7 rings (SSSR count). The van der Waals surface area contributed by atoms with E-state index in [2.05, 4.69) is 84.9 Å². The van der Waals surface area contributed by atoms with Crippen LogP contribution in [0.2, 0.25) is 0 Å². The molecule has 0 saturated carbocycles. The fourth-order valence-corrected chi connectivity index (χ4v) is 4.88. The second-order valence-corrected chi connectivity index (χ2v) is 7.79. The van der Waals surface area contributed by atoms with Gasteiger partial charge in [-0.1, -0.05) is 78.9 Å². The Labute approximate surface area is 167 Å². The topological polar surface area (TPSA) is 13.1 Å². The normalized spacial score (nSPS) is 12.1. The van der Waals surface area contributed by atoms with Gasteiger partial charge in [0, 0.05) is 16.3 Å². The van der Waals surface area contributed by atoms with Crippen LogP contribution >= 0.6 is 0 Å². The molecule has 1 heteroatoms. The lowest BCUT2D eigenvalue weighted by Crippen LogP contribution is -1.86. The first-order valence-electron chi connectivity index (χ1n) is 9.95. The Bertz CT molecular complexity index is 1640. The minimum atomic E-state index is 0.938. The van der Waals surface area contributed by atoms with Gasteiger partial charge >= 0.3 is 0 Å². The summed E-state index contributed by atoms with van der Waals surface area (Å²) in [5.41, 5.74) is 4.24. The number of fused-ring (bicyclic) bond motifs is 3. The highest BCUT2D eigenvalue weighted by atomic mass is 16.3. The predicted octanol–water partition coefficient (Wildman–Crippen LogP) is 8.15. The van der Waals surface area contributed by atoms with Crippen LogP contribution in [-0.2, 0) is 0 Å². The van der Waals surface area contributed by atoms with Crippen molar-refractivity contribution in [3.8, 4) is 11.1 Å². The summed E-state index contributed by atoms with van der Waals surface area (Å²) >= 11 is 0. The Morgan fingerprint density at radius 2 is 1.10 bits per heavy atom. The van der Waals surface area contributed by atoms with E-state index in [-0.39, 0.29) is 0 Å². The maximum absolute atomic E-state index is 6.29. The fraction of sp³-hybridized carbons (Fsp3) is 0. The van der Waals surface area contributed by atoms with Crippen LogP contribution in [0.5, 0.6) is 0 Å². The highest BCUT2D eigenvalue weighted by Gasteiger charge is 2.14. The van der Waals surface area contributed by atoms with E-state index in [1.165, 1.54) is 48.7 Å². The number of furan rings is 1. The molecule has 0 saturated heterocycles. The summed E-state index contributed by atoms with van der Waals surface area (Å²) in [6, 6.07) is 34.8. The summed E-state index contributed by atoms with van der Waals surface area (Å²) in [5.74, 6) is 0. The largest absolute Gasteiger partial charge is 0.455 e. The molecule has 0 N–H and O–H groups in total. The lowest BCUT2D eigenvalue weighted by molar-refractivity contribution is 0.670. The van der Waals surface area contributed by atoms with Gasteiger partial charge in [-0.05, 0) is 56.1 Å². The van der Waals surface area contributed by atoms with Crippen molar-refractivity contribution in [1.29, 1.82) is 0 Å². The number of hydrogen-bond acceptors (Lipinski definition) is 1. The number of rotatable bonds is 1. The summed E-state index contributed by atoms with van der Waals surface area (Å²) in [6.45, 7) is 0. The van der Waals surface area contributed by atoms with Crippen LogP contribution < -0.4 is 0 Å². The summed E-state index contributed by atoms with van der Waals surface area (Å²) < 4.78 is 6.29. The molecule has 0 spiro atoms. The lowest BCUT2D eigenvalue weighted by Gasteiger charge is -2.13. The molecule has 6 aromatic carbocycles.